The summed E-state index contributed by atoms with van der Waals surface area (Å²) in [4.78, 5) is 16.3. The third kappa shape index (κ3) is 4.89. The number of carbonyl (C=O) groups excluding carboxylic acids is 1. The molecule has 132 valence electrons. The van der Waals surface area contributed by atoms with Gasteiger partial charge in [-0.05, 0) is 42.3 Å². The van der Waals surface area contributed by atoms with Crippen LogP contribution in [-0.2, 0) is 13.1 Å². The number of hydrogen-bond donors (Lipinski definition) is 2. The Kier molecular flexibility index (Phi) is 5.59. The Hall–Kier alpha value is -3.21. The van der Waals surface area contributed by atoms with Crippen molar-refractivity contribution in [2.45, 2.75) is 20.0 Å². The highest BCUT2D eigenvalue weighted by Crippen LogP contribution is 2.10. The quantitative estimate of drug-likeness (QED) is 0.705. The fourth-order valence-corrected chi connectivity index (χ4v) is 2.53. The molecule has 0 aliphatic carbocycles. The predicted molar refractivity (Wildman–Crippen MR) is 100 cm³/mol. The molecular formula is C21H20FN3O. The third-order valence-electron chi connectivity index (χ3n) is 3.94. The van der Waals surface area contributed by atoms with Crippen LogP contribution in [0.2, 0.25) is 0 Å². The normalized spacial score (nSPS) is 10.4. The van der Waals surface area contributed by atoms with E-state index < -0.39 is 0 Å². The van der Waals surface area contributed by atoms with Crippen LogP contribution in [0.4, 0.5) is 10.1 Å². The minimum Gasteiger partial charge on any atom is -0.380 e. The lowest BCUT2D eigenvalue weighted by Gasteiger charge is -2.08. The Morgan fingerprint density at radius 1 is 1.00 bits per heavy atom. The maximum Gasteiger partial charge on any atom is 0.270 e. The summed E-state index contributed by atoms with van der Waals surface area (Å²) in [6, 6.07) is 17.8. The topological polar surface area (TPSA) is 54.0 Å². The summed E-state index contributed by atoms with van der Waals surface area (Å²) < 4.78 is 12.9. The monoisotopic (exact) mass is 349 g/mol. The summed E-state index contributed by atoms with van der Waals surface area (Å²) in [6.45, 7) is 3.08. The van der Waals surface area contributed by atoms with Crippen molar-refractivity contribution in [2.75, 3.05) is 5.32 Å². The van der Waals surface area contributed by atoms with Crippen LogP contribution in [0.25, 0.3) is 0 Å². The first-order valence-electron chi connectivity index (χ1n) is 8.38. The summed E-state index contributed by atoms with van der Waals surface area (Å²) >= 11 is 0. The molecule has 26 heavy (non-hydrogen) atoms. The first kappa shape index (κ1) is 17.6. The van der Waals surface area contributed by atoms with Crippen LogP contribution in [0.1, 0.15) is 27.2 Å². The number of aryl methyl sites for hydroxylation is 1. The van der Waals surface area contributed by atoms with Crippen LogP contribution < -0.4 is 10.6 Å². The van der Waals surface area contributed by atoms with Crippen LogP contribution in [-0.4, -0.2) is 10.9 Å². The van der Waals surface area contributed by atoms with Crippen molar-refractivity contribution in [2.24, 2.45) is 0 Å². The van der Waals surface area contributed by atoms with Crippen LogP contribution >= 0.6 is 0 Å². The molecule has 1 amide bonds. The van der Waals surface area contributed by atoms with Gasteiger partial charge in [-0.25, -0.2) is 9.37 Å². The molecule has 5 heteroatoms. The zero-order valence-electron chi connectivity index (χ0n) is 14.5. The Labute approximate surface area is 152 Å². The number of amides is 1. The number of anilines is 1. The number of rotatable bonds is 6. The van der Waals surface area contributed by atoms with Crippen molar-refractivity contribution >= 4 is 11.6 Å². The fourth-order valence-electron chi connectivity index (χ4n) is 2.53. The number of hydrogen-bond acceptors (Lipinski definition) is 3. The lowest BCUT2D eigenvalue weighted by molar-refractivity contribution is 0.0946. The number of aromatic nitrogens is 1. The van der Waals surface area contributed by atoms with E-state index >= 15 is 0 Å². The minimum absolute atomic E-state index is 0.264. The van der Waals surface area contributed by atoms with Gasteiger partial charge < -0.3 is 10.6 Å². The van der Waals surface area contributed by atoms with Crippen LogP contribution in [0.5, 0.6) is 0 Å². The molecule has 1 heterocycles. The van der Waals surface area contributed by atoms with Crippen molar-refractivity contribution in [1.82, 2.24) is 10.3 Å². The molecule has 0 spiro atoms. The standard InChI is InChI=1S/C21H20FN3O/c1-15-3-2-4-17(11-15)13-23-19-9-10-20(24-14-19)21(26)25-12-16-5-7-18(22)8-6-16/h2-11,14,23H,12-13H2,1H3,(H,25,26). The van der Waals surface area contributed by atoms with Crippen molar-refractivity contribution in [3.05, 3.63) is 95.1 Å². The van der Waals surface area contributed by atoms with Gasteiger partial charge in [0.1, 0.15) is 11.5 Å². The van der Waals surface area contributed by atoms with Gasteiger partial charge >= 0.3 is 0 Å². The smallest absolute Gasteiger partial charge is 0.270 e. The van der Waals surface area contributed by atoms with E-state index in [1.165, 1.54) is 23.3 Å². The zero-order valence-corrected chi connectivity index (χ0v) is 14.5. The highest BCUT2D eigenvalue weighted by Gasteiger charge is 2.07. The van der Waals surface area contributed by atoms with Gasteiger partial charge in [0.25, 0.3) is 5.91 Å². The Balaban J connectivity index is 1.53. The second kappa shape index (κ2) is 8.25. The second-order valence-corrected chi connectivity index (χ2v) is 6.08. The molecule has 2 N–H and O–H groups in total. The highest BCUT2D eigenvalue weighted by atomic mass is 19.1. The minimum atomic E-state index is -0.296. The molecule has 0 radical (unpaired) electrons. The summed E-state index contributed by atoms with van der Waals surface area (Å²) in [6.07, 6.45) is 1.64. The van der Waals surface area contributed by atoms with Gasteiger partial charge in [-0.1, -0.05) is 42.0 Å². The van der Waals surface area contributed by atoms with Gasteiger partial charge in [0.05, 0.1) is 11.9 Å². The predicted octanol–water partition coefficient (Wildman–Crippen LogP) is 4.07. The molecule has 4 nitrogen and oxygen atoms in total. The molecule has 1 aromatic heterocycles. The Morgan fingerprint density at radius 3 is 2.50 bits per heavy atom. The maximum absolute atomic E-state index is 12.9. The van der Waals surface area contributed by atoms with E-state index in [4.69, 9.17) is 0 Å². The van der Waals surface area contributed by atoms with E-state index in [-0.39, 0.29) is 11.7 Å². The van der Waals surface area contributed by atoms with Gasteiger partial charge in [-0.2, -0.15) is 0 Å². The second-order valence-electron chi connectivity index (χ2n) is 6.08. The van der Waals surface area contributed by atoms with Crippen molar-refractivity contribution in [3.8, 4) is 0 Å². The maximum atomic E-state index is 12.9. The van der Waals surface area contributed by atoms with Crippen molar-refractivity contribution < 1.29 is 9.18 Å². The van der Waals surface area contributed by atoms with E-state index in [1.54, 1.807) is 24.4 Å². The molecular weight excluding hydrogens is 329 g/mol. The number of carbonyl (C=O) groups is 1. The van der Waals surface area contributed by atoms with E-state index in [0.717, 1.165) is 11.3 Å². The molecule has 3 aromatic rings. The number of pyridine rings is 1. The van der Waals surface area contributed by atoms with Crippen LogP contribution in [0.15, 0.2) is 66.9 Å². The molecule has 0 bridgehead atoms. The van der Waals surface area contributed by atoms with Gasteiger partial charge in [-0.3, -0.25) is 4.79 Å². The van der Waals surface area contributed by atoms with Crippen molar-refractivity contribution in [3.63, 3.8) is 0 Å². The molecule has 0 saturated carbocycles. The average Bonchev–Trinajstić information content (AvgIpc) is 2.66. The lowest BCUT2D eigenvalue weighted by atomic mass is 10.1. The Morgan fingerprint density at radius 2 is 1.81 bits per heavy atom. The van der Waals surface area contributed by atoms with Gasteiger partial charge in [0, 0.05) is 13.1 Å². The van der Waals surface area contributed by atoms with E-state index in [1.807, 2.05) is 12.1 Å². The van der Waals surface area contributed by atoms with Crippen molar-refractivity contribution in [1.29, 1.82) is 0 Å². The summed E-state index contributed by atoms with van der Waals surface area (Å²) in [5.41, 5.74) is 4.42. The molecule has 0 aliphatic rings. The lowest BCUT2D eigenvalue weighted by Crippen LogP contribution is -2.23. The average molecular weight is 349 g/mol. The van der Waals surface area contributed by atoms with E-state index in [0.29, 0.717) is 18.8 Å². The first-order valence-corrected chi connectivity index (χ1v) is 8.38. The number of nitrogens with zero attached hydrogens (tertiary/aromatic N) is 1. The SMILES string of the molecule is Cc1cccc(CNc2ccc(C(=O)NCc3ccc(F)cc3)nc2)c1. The summed E-state index contributed by atoms with van der Waals surface area (Å²) in [5, 5.41) is 6.06. The number of halogens is 1. The van der Waals surface area contributed by atoms with E-state index in [2.05, 4.69) is 40.7 Å². The van der Waals surface area contributed by atoms with Crippen LogP contribution in [0.3, 0.4) is 0 Å². The molecule has 0 unspecified atom stereocenters. The largest absolute Gasteiger partial charge is 0.380 e. The molecule has 3 rings (SSSR count). The summed E-state index contributed by atoms with van der Waals surface area (Å²) in [5.74, 6) is -0.560. The fraction of sp³-hybridized carbons (Fsp3) is 0.143. The third-order valence-corrected chi connectivity index (χ3v) is 3.94. The first-order chi connectivity index (χ1) is 12.6. The molecule has 0 saturated heterocycles. The van der Waals surface area contributed by atoms with E-state index in [9.17, 15) is 9.18 Å². The van der Waals surface area contributed by atoms with Gasteiger partial charge in [0.2, 0.25) is 0 Å². The van der Waals surface area contributed by atoms with Gasteiger partial charge in [0.15, 0.2) is 0 Å². The number of benzene rings is 2. The number of nitrogens with one attached hydrogen (secondary N) is 2. The zero-order chi connectivity index (χ0) is 18.4. The molecule has 2 aromatic carbocycles. The molecule has 0 atom stereocenters. The van der Waals surface area contributed by atoms with Crippen LogP contribution in [0, 0.1) is 12.7 Å². The molecule has 0 fully saturated rings. The van der Waals surface area contributed by atoms with Gasteiger partial charge in [-0.15, -0.1) is 0 Å². The Bertz CT molecular complexity index is 877. The highest BCUT2D eigenvalue weighted by molar-refractivity contribution is 5.92. The molecule has 0 aliphatic heterocycles. The summed E-state index contributed by atoms with van der Waals surface area (Å²) in [7, 11) is 0.